The number of nitrogens with zero attached hydrogens (tertiary/aromatic N) is 2. The lowest BCUT2D eigenvalue weighted by atomic mass is 10.1. The van der Waals surface area contributed by atoms with E-state index in [4.69, 9.17) is 4.74 Å². The number of carbonyl (C=O) groups is 1. The van der Waals surface area contributed by atoms with Crippen LogP contribution in [0, 0.1) is 6.92 Å². The van der Waals surface area contributed by atoms with Gasteiger partial charge in [-0.25, -0.2) is 4.79 Å². The van der Waals surface area contributed by atoms with E-state index < -0.39 is 0 Å². The first kappa shape index (κ1) is 15.8. The molecule has 1 aromatic rings. The van der Waals surface area contributed by atoms with E-state index in [1.54, 1.807) is 0 Å². The van der Waals surface area contributed by atoms with Gasteiger partial charge in [0, 0.05) is 31.9 Å². The van der Waals surface area contributed by atoms with Crippen molar-refractivity contribution in [3.63, 3.8) is 0 Å². The highest BCUT2D eigenvalue weighted by molar-refractivity contribution is 5.90. The van der Waals surface area contributed by atoms with E-state index >= 15 is 0 Å². The van der Waals surface area contributed by atoms with Crippen molar-refractivity contribution in [2.24, 2.45) is 0 Å². The number of benzene rings is 1. The molecule has 2 rings (SSSR count). The molecule has 0 radical (unpaired) electrons. The van der Waals surface area contributed by atoms with Crippen LogP contribution < -0.4 is 4.90 Å². The minimum Gasteiger partial charge on any atom is -0.465 e. The van der Waals surface area contributed by atoms with Crippen molar-refractivity contribution >= 4 is 11.7 Å². The first-order valence-electron chi connectivity index (χ1n) is 7.82. The Bertz CT molecular complexity index is 480. The third-order valence-electron chi connectivity index (χ3n) is 4.16. The zero-order valence-corrected chi connectivity index (χ0v) is 13.4. The molecule has 1 heterocycles. The van der Waals surface area contributed by atoms with Crippen LogP contribution >= 0.6 is 0 Å². The largest absolute Gasteiger partial charge is 0.465 e. The van der Waals surface area contributed by atoms with Crippen LogP contribution in [0.25, 0.3) is 0 Å². The highest BCUT2D eigenvalue weighted by Crippen LogP contribution is 2.23. The fourth-order valence-corrected chi connectivity index (χ4v) is 2.85. The molecule has 0 N–H and O–H groups in total. The maximum absolute atomic E-state index is 11.6. The van der Waals surface area contributed by atoms with Crippen LogP contribution in [0.15, 0.2) is 18.2 Å². The second kappa shape index (κ2) is 7.46. The van der Waals surface area contributed by atoms with E-state index in [2.05, 4.69) is 23.6 Å². The zero-order valence-electron chi connectivity index (χ0n) is 13.4. The number of unbranched alkanes of at least 4 members (excludes halogenated alkanes) is 1. The monoisotopic (exact) mass is 290 g/mol. The van der Waals surface area contributed by atoms with E-state index in [-0.39, 0.29) is 5.97 Å². The number of anilines is 1. The smallest absolute Gasteiger partial charge is 0.337 e. The second-order valence-corrected chi connectivity index (χ2v) is 5.68. The van der Waals surface area contributed by atoms with Gasteiger partial charge in [0.2, 0.25) is 0 Å². The molecule has 21 heavy (non-hydrogen) atoms. The summed E-state index contributed by atoms with van der Waals surface area (Å²) in [5.41, 5.74) is 3.00. The van der Waals surface area contributed by atoms with E-state index in [0.29, 0.717) is 5.56 Å². The predicted molar refractivity (Wildman–Crippen MR) is 86.1 cm³/mol. The molecular formula is C17H26N2O2. The predicted octanol–water partition coefficient (Wildman–Crippen LogP) is 2.70. The van der Waals surface area contributed by atoms with E-state index in [1.165, 1.54) is 32.2 Å². The maximum Gasteiger partial charge on any atom is 0.337 e. The standard InChI is InChI=1S/C17H26N2O2/c1-4-5-8-18-9-11-19(12-10-18)16-7-6-15(13-14(16)2)17(20)21-3/h6-7,13H,4-5,8-12H2,1-3H3. The summed E-state index contributed by atoms with van der Waals surface area (Å²) >= 11 is 0. The summed E-state index contributed by atoms with van der Waals surface area (Å²) < 4.78 is 4.77. The van der Waals surface area contributed by atoms with Crippen molar-refractivity contribution in [2.45, 2.75) is 26.7 Å². The van der Waals surface area contributed by atoms with Gasteiger partial charge < -0.3 is 9.64 Å². The third kappa shape index (κ3) is 3.97. The molecule has 1 saturated heterocycles. The number of rotatable bonds is 5. The van der Waals surface area contributed by atoms with Gasteiger partial charge >= 0.3 is 5.97 Å². The van der Waals surface area contributed by atoms with Gasteiger partial charge in [0.1, 0.15) is 0 Å². The first-order chi connectivity index (χ1) is 10.2. The summed E-state index contributed by atoms with van der Waals surface area (Å²) in [4.78, 5) is 16.5. The number of hydrogen-bond donors (Lipinski definition) is 0. The molecule has 0 bridgehead atoms. The number of carbonyl (C=O) groups excluding carboxylic acids is 1. The number of piperazine rings is 1. The number of methoxy groups -OCH3 is 1. The molecule has 0 aromatic heterocycles. The number of esters is 1. The molecular weight excluding hydrogens is 264 g/mol. The van der Waals surface area contributed by atoms with Crippen molar-refractivity contribution < 1.29 is 9.53 Å². The average Bonchev–Trinajstić information content (AvgIpc) is 2.52. The molecule has 1 aliphatic heterocycles. The van der Waals surface area contributed by atoms with E-state index in [1.807, 2.05) is 18.2 Å². The Kier molecular flexibility index (Phi) is 5.62. The van der Waals surface area contributed by atoms with E-state index in [9.17, 15) is 4.79 Å². The Morgan fingerprint density at radius 1 is 1.24 bits per heavy atom. The highest BCUT2D eigenvalue weighted by atomic mass is 16.5. The van der Waals surface area contributed by atoms with Crippen molar-refractivity contribution in [1.29, 1.82) is 0 Å². The van der Waals surface area contributed by atoms with Gasteiger partial charge in [-0.15, -0.1) is 0 Å². The molecule has 1 aliphatic rings. The van der Waals surface area contributed by atoms with Crippen LogP contribution in [-0.2, 0) is 4.74 Å². The Morgan fingerprint density at radius 3 is 2.52 bits per heavy atom. The maximum atomic E-state index is 11.6. The van der Waals surface area contributed by atoms with Crippen LogP contribution in [0.1, 0.15) is 35.7 Å². The molecule has 4 heteroatoms. The summed E-state index contributed by atoms with van der Waals surface area (Å²) in [6, 6.07) is 5.82. The molecule has 1 fully saturated rings. The van der Waals surface area contributed by atoms with Gasteiger partial charge in [0.05, 0.1) is 12.7 Å². The Balaban J connectivity index is 1.99. The summed E-state index contributed by atoms with van der Waals surface area (Å²) in [6.45, 7) is 9.87. The minimum atomic E-state index is -0.269. The van der Waals surface area contributed by atoms with Crippen LogP contribution in [0.2, 0.25) is 0 Å². The molecule has 0 spiro atoms. The topological polar surface area (TPSA) is 32.8 Å². The average molecular weight is 290 g/mol. The third-order valence-corrected chi connectivity index (χ3v) is 4.16. The summed E-state index contributed by atoms with van der Waals surface area (Å²) in [7, 11) is 1.42. The van der Waals surface area contributed by atoms with Crippen LogP contribution in [0.5, 0.6) is 0 Å². The normalized spacial score (nSPS) is 16.0. The Morgan fingerprint density at radius 2 is 1.95 bits per heavy atom. The Labute approximate surface area is 127 Å². The lowest BCUT2D eigenvalue weighted by Gasteiger charge is -2.36. The first-order valence-corrected chi connectivity index (χ1v) is 7.82. The number of hydrogen-bond acceptors (Lipinski definition) is 4. The lowest BCUT2D eigenvalue weighted by Crippen LogP contribution is -2.46. The SMILES string of the molecule is CCCCN1CCN(c2ccc(C(=O)OC)cc2C)CC1. The Hall–Kier alpha value is -1.55. The van der Waals surface area contributed by atoms with Crippen LogP contribution in [0.4, 0.5) is 5.69 Å². The molecule has 0 amide bonds. The van der Waals surface area contributed by atoms with E-state index in [0.717, 1.165) is 31.7 Å². The molecule has 116 valence electrons. The minimum absolute atomic E-state index is 0.269. The summed E-state index contributed by atoms with van der Waals surface area (Å²) in [5.74, 6) is -0.269. The fourth-order valence-electron chi connectivity index (χ4n) is 2.85. The van der Waals surface area contributed by atoms with Gasteiger partial charge in [-0.3, -0.25) is 4.90 Å². The molecule has 0 saturated carbocycles. The van der Waals surface area contributed by atoms with Gasteiger partial charge in [-0.2, -0.15) is 0 Å². The van der Waals surface area contributed by atoms with Crippen molar-refractivity contribution in [3.8, 4) is 0 Å². The van der Waals surface area contributed by atoms with Gasteiger partial charge in [0.25, 0.3) is 0 Å². The van der Waals surface area contributed by atoms with Gasteiger partial charge in [-0.05, 0) is 43.7 Å². The van der Waals surface area contributed by atoms with Crippen LogP contribution in [-0.4, -0.2) is 50.7 Å². The molecule has 1 aromatic carbocycles. The summed E-state index contributed by atoms with van der Waals surface area (Å²) in [6.07, 6.45) is 2.54. The molecule has 0 aliphatic carbocycles. The van der Waals surface area contributed by atoms with Crippen LogP contribution in [0.3, 0.4) is 0 Å². The molecule has 0 unspecified atom stereocenters. The van der Waals surface area contributed by atoms with Gasteiger partial charge in [0.15, 0.2) is 0 Å². The summed E-state index contributed by atoms with van der Waals surface area (Å²) in [5, 5.41) is 0. The van der Waals surface area contributed by atoms with Crippen molar-refractivity contribution in [2.75, 3.05) is 44.7 Å². The second-order valence-electron chi connectivity index (χ2n) is 5.68. The van der Waals surface area contributed by atoms with Crippen molar-refractivity contribution in [1.82, 2.24) is 4.90 Å². The number of ether oxygens (including phenoxy) is 1. The lowest BCUT2D eigenvalue weighted by molar-refractivity contribution is 0.0600. The molecule has 4 nitrogen and oxygen atoms in total. The number of aryl methyl sites for hydroxylation is 1. The quantitative estimate of drug-likeness (QED) is 0.781. The van der Waals surface area contributed by atoms with Gasteiger partial charge in [-0.1, -0.05) is 13.3 Å². The highest BCUT2D eigenvalue weighted by Gasteiger charge is 2.18. The molecule has 0 atom stereocenters. The zero-order chi connectivity index (χ0) is 15.2. The fraction of sp³-hybridized carbons (Fsp3) is 0.588. The van der Waals surface area contributed by atoms with Crippen molar-refractivity contribution in [3.05, 3.63) is 29.3 Å².